The van der Waals surface area contributed by atoms with Gasteiger partial charge in [0.1, 0.15) is 0 Å². The van der Waals surface area contributed by atoms with Gasteiger partial charge in [0, 0.05) is 19.1 Å². The third-order valence-corrected chi connectivity index (χ3v) is 5.64. The Hall–Kier alpha value is -0.910. The van der Waals surface area contributed by atoms with Crippen molar-refractivity contribution in [3.8, 4) is 0 Å². The minimum atomic E-state index is -3.08. The summed E-state index contributed by atoms with van der Waals surface area (Å²) in [6.45, 7) is 3.40. The van der Waals surface area contributed by atoms with Crippen LogP contribution in [-0.4, -0.2) is 32.1 Å². The molecule has 0 aromatic heterocycles. The molecule has 0 amide bonds. The number of aryl methyl sites for hydroxylation is 1. The first-order valence-corrected chi connectivity index (χ1v) is 9.55. The Morgan fingerprint density at radius 1 is 1.38 bits per heavy atom. The van der Waals surface area contributed by atoms with Gasteiger partial charge in [-0.1, -0.05) is 31.2 Å². The Labute approximate surface area is 128 Å². The first-order chi connectivity index (χ1) is 9.91. The quantitative estimate of drug-likeness (QED) is 0.907. The second-order valence-electron chi connectivity index (χ2n) is 6.02. The van der Waals surface area contributed by atoms with E-state index in [-0.39, 0.29) is 6.04 Å². The molecule has 1 saturated heterocycles. The highest BCUT2D eigenvalue weighted by atomic mass is 32.2. The van der Waals surface area contributed by atoms with Gasteiger partial charge in [0.05, 0.1) is 6.26 Å². The van der Waals surface area contributed by atoms with Crippen LogP contribution in [0.5, 0.6) is 0 Å². The van der Waals surface area contributed by atoms with Crippen LogP contribution < -0.4 is 5.73 Å². The van der Waals surface area contributed by atoms with Gasteiger partial charge in [-0.3, -0.25) is 0 Å². The van der Waals surface area contributed by atoms with E-state index in [2.05, 4.69) is 19.1 Å². The summed E-state index contributed by atoms with van der Waals surface area (Å²) >= 11 is 0. The van der Waals surface area contributed by atoms with E-state index in [4.69, 9.17) is 5.73 Å². The lowest BCUT2D eigenvalue weighted by atomic mass is 9.88. The van der Waals surface area contributed by atoms with Gasteiger partial charge in [0.25, 0.3) is 0 Å². The van der Waals surface area contributed by atoms with Crippen molar-refractivity contribution >= 4 is 10.0 Å². The summed E-state index contributed by atoms with van der Waals surface area (Å²) in [4.78, 5) is 0. The number of piperidine rings is 1. The summed E-state index contributed by atoms with van der Waals surface area (Å²) in [6, 6.07) is 8.28. The van der Waals surface area contributed by atoms with Crippen LogP contribution in [0.2, 0.25) is 0 Å². The zero-order valence-corrected chi connectivity index (χ0v) is 13.8. The molecule has 1 aliphatic rings. The predicted octanol–water partition coefficient (Wildman–Crippen LogP) is 2.31. The van der Waals surface area contributed by atoms with E-state index in [9.17, 15) is 8.42 Å². The van der Waals surface area contributed by atoms with Crippen molar-refractivity contribution in [2.24, 2.45) is 11.7 Å². The molecule has 1 aliphatic heterocycles. The van der Waals surface area contributed by atoms with Crippen molar-refractivity contribution in [1.82, 2.24) is 4.31 Å². The highest BCUT2D eigenvalue weighted by molar-refractivity contribution is 7.88. The van der Waals surface area contributed by atoms with Crippen molar-refractivity contribution in [2.75, 3.05) is 19.3 Å². The average molecular weight is 310 g/mol. The number of nitrogens with zero attached hydrogens (tertiary/aromatic N) is 1. The smallest absolute Gasteiger partial charge is 0.211 e. The monoisotopic (exact) mass is 310 g/mol. The number of hydrogen-bond acceptors (Lipinski definition) is 3. The Morgan fingerprint density at radius 3 is 2.76 bits per heavy atom. The van der Waals surface area contributed by atoms with E-state index >= 15 is 0 Å². The van der Waals surface area contributed by atoms with Crippen molar-refractivity contribution in [2.45, 2.75) is 38.6 Å². The number of benzene rings is 1. The van der Waals surface area contributed by atoms with Gasteiger partial charge in [-0.25, -0.2) is 12.7 Å². The molecule has 21 heavy (non-hydrogen) atoms. The van der Waals surface area contributed by atoms with Crippen LogP contribution in [-0.2, 0) is 16.4 Å². The van der Waals surface area contributed by atoms with E-state index in [1.54, 1.807) is 4.31 Å². The van der Waals surface area contributed by atoms with E-state index < -0.39 is 10.0 Å². The fourth-order valence-electron chi connectivity index (χ4n) is 3.22. The topological polar surface area (TPSA) is 63.4 Å². The molecule has 1 fully saturated rings. The van der Waals surface area contributed by atoms with Crippen LogP contribution >= 0.6 is 0 Å². The van der Waals surface area contributed by atoms with Gasteiger partial charge in [-0.05, 0) is 42.7 Å². The third kappa shape index (κ3) is 4.28. The summed E-state index contributed by atoms with van der Waals surface area (Å²) in [6.07, 6.45) is 5.11. The summed E-state index contributed by atoms with van der Waals surface area (Å²) < 4.78 is 25.0. The van der Waals surface area contributed by atoms with Crippen molar-refractivity contribution in [3.63, 3.8) is 0 Å². The number of nitrogens with two attached hydrogens (primary N) is 1. The Bertz CT molecular complexity index is 571. The molecule has 0 saturated carbocycles. The summed E-state index contributed by atoms with van der Waals surface area (Å²) in [5.74, 6) is 0.355. The standard InChI is InChI=1S/C16H26N2O2S/c1-3-14-8-4-5-9-15(14)16(17)11-13-7-6-10-18(12-13)21(2,19)20/h4-5,8-9,13,16H,3,6-7,10-12,17H2,1-2H3. The molecule has 1 heterocycles. The summed E-state index contributed by atoms with van der Waals surface area (Å²) in [7, 11) is -3.08. The maximum absolute atomic E-state index is 11.7. The highest BCUT2D eigenvalue weighted by Gasteiger charge is 2.27. The maximum atomic E-state index is 11.7. The maximum Gasteiger partial charge on any atom is 0.211 e. The fraction of sp³-hybridized carbons (Fsp3) is 0.625. The molecule has 5 heteroatoms. The van der Waals surface area contributed by atoms with Crippen LogP contribution in [0.4, 0.5) is 0 Å². The van der Waals surface area contributed by atoms with Gasteiger partial charge in [0.2, 0.25) is 10.0 Å². The molecule has 0 aliphatic carbocycles. The highest BCUT2D eigenvalue weighted by Crippen LogP contribution is 2.28. The zero-order chi connectivity index (χ0) is 15.5. The predicted molar refractivity (Wildman–Crippen MR) is 86.5 cm³/mol. The number of sulfonamides is 1. The zero-order valence-electron chi connectivity index (χ0n) is 13.0. The number of rotatable bonds is 5. The average Bonchev–Trinajstić information content (AvgIpc) is 2.46. The first-order valence-electron chi connectivity index (χ1n) is 7.70. The summed E-state index contributed by atoms with van der Waals surface area (Å²) in [5, 5.41) is 0. The molecule has 0 bridgehead atoms. The minimum absolute atomic E-state index is 0.00865. The molecular weight excluding hydrogens is 284 g/mol. The van der Waals surface area contributed by atoms with Crippen molar-refractivity contribution in [1.29, 1.82) is 0 Å². The molecule has 2 atom stereocenters. The molecular formula is C16H26N2O2S. The molecule has 2 N–H and O–H groups in total. The second-order valence-corrected chi connectivity index (χ2v) is 8.01. The Balaban J connectivity index is 2.04. The second kappa shape index (κ2) is 6.90. The third-order valence-electron chi connectivity index (χ3n) is 4.37. The lowest BCUT2D eigenvalue weighted by Crippen LogP contribution is -2.40. The minimum Gasteiger partial charge on any atom is -0.324 e. The largest absolute Gasteiger partial charge is 0.324 e. The van der Waals surface area contributed by atoms with Gasteiger partial charge >= 0.3 is 0 Å². The fourth-order valence-corrected chi connectivity index (χ4v) is 4.17. The van der Waals surface area contributed by atoms with Crippen LogP contribution in [0.15, 0.2) is 24.3 Å². The first kappa shape index (κ1) is 16.5. The lowest BCUT2D eigenvalue weighted by Gasteiger charge is -2.32. The van der Waals surface area contributed by atoms with Crippen molar-refractivity contribution < 1.29 is 8.42 Å². The molecule has 118 valence electrons. The van der Waals surface area contributed by atoms with E-state index in [0.29, 0.717) is 19.0 Å². The van der Waals surface area contributed by atoms with Crippen LogP contribution in [0, 0.1) is 5.92 Å². The molecule has 4 nitrogen and oxygen atoms in total. The van der Waals surface area contributed by atoms with Crippen LogP contribution in [0.3, 0.4) is 0 Å². The van der Waals surface area contributed by atoms with E-state index in [1.807, 2.05) is 12.1 Å². The van der Waals surface area contributed by atoms with Crippen molar-refractivity contribution in [3.05, 3.63) is 35.4 Å². The molecule has 0 spiro atoms. The molecule has 1 aromatic rings. The van der Waals surface area contributed by atoms with Gasteiger partial charge in [-0.2, -0.15) is 0 Å². The molecule has 1 aromatic carbocycles. The molecule has 0 radical (unpaired) electrons. The molecule has 2 unspecified atom stereocenters. The molecule has 2 rings (SSSR count). The van der Waals surface area contributed by atoms with Crippen LogP contribution in [0.1, 0.15) is 43.4 Å². The summed E-state index contributed by atoms with van der Waals surface area (Å²) in [5.41, 5.74) is 8.89. The van der Waals surface area contributed by atoms with Gasteiger partial charge in [-0.15, -0.1) is 0 Å². The van der Waals surface area contributed by atoms with Crippen LogP contribution in [0.25, 0.3) is 0 Å². The number of hydrogen-bond donors (Lipinski definition) is 1. The normalized spacial score (nSPS) is 22.1. The van der Waals surface area contributed by atoms with Gasteiger partial charge < -0.3 is 5.73 Å². The van der Waals surface area contributed by atoms with E-state index in [1.165, 1.54) is 17.4 Å². The SMILES string of the molecule is CCc1ccccc1C(N)CC1CCCN(S(C)(=O)=O)C1. The lowest BCUT2D eigenvalue weighted by molar-refractivity contribution is 0.247. The Kier molecular flexibility index (Phi) is 5.41. The van der Waals surface area contributed by atoms with Gasteiger partial charge in [0.15, 0.2) is 0 Å². The van der Waals surface area contributed by atoms with E-state index in [0.717, 1.165) is 25.7 Å². The Morgan fingerprint density at radius 2 is 2.10 bits per heavy atom.